The van der Waals surface area contributed by atoms with E-state index >= 15 is 0 Å². The average molecular weight is 262 g/mol. The minimum atomic E-state index is -3.22. The fourth-order valence-electron chi connectivity index (χ4n) is 2.36. The third-order valence-corrected chi connectivity index (χ3v) is 6.66. The summed E-state index contributed by atoms with van der Waals surface area (Å²) in [4.78, 5) is 11.4. The first kappa shape index (κ1) is 14.5. The van der Waals surface area contributed by atoms with Gasteiger partial charge in [0.25, 0.3) is 0 Å². The lowest BCUT2D eigenvalue weighted by molar-refractivity contribution is -0.144. The molecule has 0 radical (unpaired) electrons. The van der Waals surface area contributed by atoms with Gasteiger partial charge in [-0.15, -0.1) is 0 Å². The lowest BCUT2D eigenvalue weighted by atomic mass is 10.0. The highest BCUT2D eigenvalue weighted by molar-refractivity contribution is 7.92. The van der Waals surface area contributed by atoms with Crippen LogP contribution in [0.3, 0.4) is 0 Å². The van der Waals surface area contributed by atoms with E-state index in [1.807, 2.05) is 0 Å². The maximum Gasteiger partial charge on any atom is 0.309 e. The van der Waals surface area contributed by atoms with E-state index in [0.717, 1.165) is 32.1 Å². The molecule has 1 aliphatic rings. The van der Waals surface area contributed by atoms with Gasteiger partial charge in [0.1, 0.15) is 0 Å². The molecule has 100 valence electrons. The lowest BCUT2D eigenvalue weighted by Gasteiger charge is -2.27. The van der Waals surface area contributed by atoms with Gasteiger partial charge in [-0.05, 0) is 19.8 Å². The van der Waals surface area contributed by atoms with Crippen LogP contribution in [0.25, 0.3) is 0 Å². The summed E-state index contributed by atoms with van der Waals surface area (Å²) in [7, 11) is -1.93. The monoisotopic (exact) mass is 262 g/mol. The number of rotatable bonds is 4. The molecule has 0 aromatic carbocycles. The van der Waals surface area contributed by atoms with E-state index < -0.39 is 27.0 Å². The van der Waals surface area contributed by atoms with Crippen LogP contribution >= 0.6 is 0 Å². The molecule has 0 amide bonds. The molecule has 0 aromatic heterocycles. The zero-order chi connectivity index (χ0) is 13.1. The summed E-state index contributed by atoms with van der Waals surface area (Å²) in [6.45, 7) is 3.24. The van der Waals surface area contributed by atoms with Gasteiger partial charge in [-0.3, -0.25) is 4.79 Å². The van der Waals surface area contributed by atoms with Crippen molar-refractivity contribution < 1.29 is 17.9 Å². The summed E-state index contributed by atoms with van der Waals surface area (Å²) >= 11 is 0. The van der Waals surface area contributed by atoms with Gasteiger partial charge in [-0.1, -0.05) is 26.2 Å². The molecule has 17 heavy (non-hydrogen) atoms. The van der Waals surface area contributed by atoms with Crippen molar-refractivity contribution in [3.8, 4) is 0 Å². The van der Waals surface area contributed by atoms with Gasteiger partial charge >= 0.3 is 5.97 Å². The molecule has 5 heteroatoms. The highest BCUT2D eigenvalue weighted by atomic mass is 32.2. The molecule has 1 rings (SSSR count). The van der Waals surface area contributed by atoms with Gasteiger partial charge in [0.15, 0.2) is 9.84 Å². The van der Waals surface area contributed by atoms with Crippen molar-refractivity contribution in [2.24, 2.45) is 5.92 Å². The molecular formula is C12H22O4S. The zero-order valence-electron chi connectivity index (χ0n) is 10.8. The van der Waals surface area contributed by atoms with Gasteiger partial charge in [-0.25, -0.2) is 8.42 Å². The fraction of sp³-hybridized carbons (Fsp3) is 0.917. The van der Waals surface area contributed by atoms with Crippen LogP contribution in [0.15, 0.2) is 0 Å². The van der Waals surface area contributed by atoms with E-state index in [9.17, 15) is 13.2 Å². The molecule has 1 saturated carbocycles. The topological polar surface area (TPSA) is 60.4 Å². The van der Waals surface area contributed by atoms with Crippen LogP contribution in [-0.4, -0.2) is 32.0 Å². The first-order chi connectivity index (χ1) is 7.91. The number of carbonyl (C=O) groups is 1. The van der Waals surface area contributed by atoms with Crippen molar-refractivity contribution in [2.75, 3.05) is 7.11 Å². The second-order valence-electron chi connectivity index (χ2n) is 4.87. The molecule has 4 nitrogen and oxygen atoms in total. The predicted octanol–water partition coefficient (Wildman–Crippen LogP) is 1.93. The molecule has 0 N–H and O–H groups in total. The second-order valence-corrected chi connectivity index (χ2v) is 7.45. The van der Waals surface area contributed by atoms with E-state index in [-0.39, 0.29) is 5.25 Å². The van der Waals surface area contributed by atoms with Crippen molar-refractivity contribution in [1.29, 1.82) is 0 Å². The van der Waals surface area contributed by atoms with Crippen LogP contribution in [-0.2, 0) is 19.4 Å². The van der Waals surface area contributed by atoms with E-state index in [0.29, 0.717) is 0 Å². The third kappa shape index (κ3) is 3.21. The largest absolute Gasteiger partial charge is 0.469 e. The molecule has 1 aliphatic carbocycles. The van der Waals surface area contributed by atoms with Crippen LogP contribution in [0.5, 0.6) is 0 Å². The maximum absolute atomic E-state index is 12.3. The molecule has 0 spiro atoms. The maximum atomic E-state index is 12.3. The third-order valence-electron chi connectivity index (χ3n) is 3.81. The number of hydrogen-bond donors (Lipinski definition) is 0. The van der Waals surface area contributed by atoms with Gasteiger partial charge in [0.05, 0.1) is 23.5 Å². The zero-order valence-corrected chi connectivity index (χ0v) is 11.6. The molecule has 0 bridgehead atoms. The van der Waals surface area contributed by atoms with E-state index in [1.54, 1.807) is 13.8 Å². The molecule has 1 fully saturated rings. The van der Waals surface area contributed by atoms with E-state index in [4.69, 9.17) is 0 Å². The second kappa shape index (κ2) is 5.85. The Hall–Kier alpha value is -0.580. The summed E-state index contributed by atoms with van der Waals surface area (Å²) in [6, 6.07) is 0. The minimum Gasteiger partial charge on any atom is -0.469 e. The normalized spacial score (nSPS) is 21.8. The molecule has 2 atom stereocenters. The van der Waals surface area contributed by atoms with Crippen molar-refractivity contribution in [2.45, 2.75) is 56.5 Å². The Morgan fingerprint density at radius 3 is 2.18 bits per heavy atom. The Labute approximate surface area is 104 Å². The smallest absolute Gasteiger partial charge is 0.309 e. The molecular weight excluding hydrogens is 240 g/mol. The Balaban J connectivity index is 2.78. The summed E-state index contributed by atoms with van der Waals surface area (Å²) in [5.41, 5.74) is 0. The first-order valence-corrected chi connectivity index (χ1v) is 7.82. The van der Waals surface area contributed by atoms with Gasteiger partial charge in [0.2, 0.25) is 0 Å². The summed E-state index contributed by atoms with van der Waals surface area (Å²) in [5, 5.41) is -0.920. The van der Waals surface area contributed by atoms with E-state index in [1.165, 1.54) is 7.11 Å². The van der Waals surface area contributed by atoms with Crippen LogP contribution in [0.4, 0.5) is 0 Å². The van der Waals surface area contributed by atoms with Gasteiger partial charge in [-0.2, -0.15) is 0 Å². The van der Waals surface area contributed by atoms with Gasteiger partial charge < -0.3 is 4.74 Å². The number of esters is 1. The first-order valence-electron chi connectivity index (χ1n) is 6.21. The predicted molar refractivity (Wildman–Crippen MR) is 66.4 cm³/mol. The minimum absolute atomic E-state index is 0.265. The summed E-state index contributed by atoms with van der Waals surface area (Å²) < 4.78 is 29.3. The quantitative estimate of drug-likeness (QED) is 0.726. The molecule has 0 saturated heterocycles. The van der Waals surface area contributed by atoms with Crippen LogP contribution in [0.2, 0.25) is 0 Å². The highest BCUT2D eigenvalue weighted by Crippen LogP contribution is 2.28. The molecule has 0 heterocycles. The summed E-state index contributed by atoms with van der Waals surface area (Å²) in [5.74, 6) is -1.04. The standard InChI is InChI=1S/C12H22O4S/c1-9(12(13)16-3)10(2)17(14,15)11-7-5-4-6-8-11/h9-11H,4-8H2,1-3H3. The van der Waals surface area contributed by atoms with Crippen molar-refractivity contribution in [1.82, 2.24) is 0 Å². The van der Waals surface area contributed by atoms with Crippen LogP contribution in [0.1, 0.15) is 46.0 Å². The Kier molecular flexibility index (Phi) is 4.98. The average Bonchev–Trinajstić information content (AvgIpc) is 2.37. The van der Waals surface area contributed by atoms with Crippen molar-refractivity contribution in [3.05, 3.63) is 0 Å². The molecule has 0 aliphatic heterocycles. The molecule has 2 unspecified atom stereocenters. The number of hydrogen-bond acceptors (Lipinski definition) is 4. The summed E-state index contributed by atoms with van der Waals surface area (Å²) in [6.07, 6.45) is 4.54. The SMILES string of the molecule is COC(=O)C(C)C(C)S(=O)(=O)C1CCCCC1. The number of methoxy groups -OCH3 is 1. The number of sulfone groups is 1. The van der Waals surface area contributed by atoms with Gasteiger partial charge in [0, 0.05) is 0 Å². The van der Waals surface area contributed by atoms with Crippen molar-refractivity contribution >= 4 is 15.8 Å². The highest BCUT2D eigenvalue weighted by Gasteiger charge is 2.37. The van der Waals surface area contributed by atoms with Crippen LogP contribution < -0.4 is 0 Å². The lowest BCUT2D eigenvalue weighted by Crippen LogP contribution is -2.38. The Morgan fingerprint density at radius 1 is 1.18 bits per heavy atom. The fourth-order valence-corrected chi connectivity index (χ4v) is 4.64. The van der Waals surface area contributed by atoms with Crippen molar-refractivity contribution in [3.63, 3.8) is 0 Å². The van der Waals surface area contributed by atoms with Crippen LogP contribution in [0, 0.1) is 5.92 Å². The number of ether oxygens (including phenoxy) is 1. The Morgan fingerprint density at radius 2 is 1.71 bits per heavy atom. The van der Waals surface area contributed by atoms with E-state index in [2.05, 4.69) is 4.74 Å². The Bertz CT molecular complexity index is 355. The number of carbonyl (C=O) groups excluding carboxylic acids is 1. The molecule has 0 aromatic rings.